The molecule has 1 aliphatic heterocycles. The highest BCUT2D eigenvalue weighted by molar-refractivity contribution is 7.99. The molecular weight excluding hydrogens is 543 g/mol. The SMILES string of the molecule is Cc1ccc(CN(C(=O)CSc2nc(C)cc(C)n2)C(C(=O)Nc2ccc3c(c2)OCO3)c2cccc(F)c2)cc1. The van der Waals surface area contributed by atoms with Gasteiger partial charge < -0.3 is 19.7 Å². The van der Waals surface area contributed by atoms with Crippen LogP contribution in [0.5, 0.6) is 11.5 Å². The van der Waals surface area contributed by atoms with Crippen molar-refractivity contribution in [2.75, 3.05) is 17.9 Å². The summed E-state index contributed by atoms with van der Waals surface area (Å²) in [4.78, 5) is 38.2. The number of aromatic nitrogens is 2. The van der Waals surface area contributed by atoms with E-state index in [4.69, 9.17) is 9.47 Å². The minimum absolute atomic E-state index is 0.0160. The Morgan fingerprint density at radius 2 is 1.68 bits per heavy atom. The quantitative estimate of drug-likeness (QED) is 0.201. The maximum atomic E-state index is 14.5. The van der Waals surface area contributed by atoms with Gasteiger partial charge in [-0.05, 0) is 62.2 Å². The molecule has 0 fully saturated rings. The molecule has 5 rings (SSSR count). The van der Waals surface area contributed by atoms with E-state index in [1.807, 2.05) is 51.1 Å². The summed E-state index contributed by atoms with van der Waals surface area (Å²) < 4.78 is 25.3. The van der Waals surface area contributed by atoms with Crippen molar-refractivity contribution < 1.29 is 23.5 Å². The van der Waals surface area contributed by atoms with E-state index in [9.17, 15) is 14.0 Å². The number of hydrogen-bond donors (Lipinski definition) is 1. The van der Waals surface area contributed by atoms with E-state index in [2.05, 4.69) is 15.3 Å². The summed E-state index contributed by atoms with van der Waals surface area (Å²) in [5.41, 5.74) is 4.29. The van der Waals surface area contributed by atoms with Crippen molar-refractivity contribution >= 4 is 29.3 Å². The fraction of sp³-hybridized carbons (Fsp3) is 0.226. The van der Waals surface area contributed by atoms with E-state index >= 15 is 0 Å². The Morgan fingerprint density at radius 3 is 2.41 bits per heavy atom. The van der Waals surface area contributed by atoms with Crippen molar-refractivity contribution in [1.29, 1.82) is 0 Å². The number of carbonyl (C=O) groups is 2. The van der Waals surface area contributed by atoms with Gasteiger partial charge in [-0.2, -0.15) is 0 Å². The van der Waals surface area contributed by atoms with Crippen molar-refractivity contribution in [3.05, 3.63) is 107 Å². The Balaban J connectivity index is 1.49. The van der Waals surface area contributed by atoms with Crippen LogP contribution in [0.3, 0.4) is 0 Å². The van der Waals surface area contributed by atoms with Crippen molar-refractivity contribution in [2.45, 2.75) is 38.5 Å². The number of amides is 2. The van der Waals surface area contributed by atoms with E-state index in [1.54, 1.807) is 24.3 Å². The number of rotatable bonds is 9. The average molecular weight is 573 g/mol. The summed E-state index contributed by atoms with van der Waals surface area (Å²) in [6.07, 6.45) is 0. The maximum absolute atomic E-state index is 14.5. The molecule has 210 valence electrons. The Kier molecular flexibility index (Phi) is 8.49. The molecule has 0 saturated heterocycles. The molecule has 2 amide bonds. The zero-order valence-corrected chi connectivity index (χ0v) is 23.7. The van der Waals surface area contributed by atoms with Crippen LogP contribution < -0.4 is 14.8 Å². The number of ether oxygens (including phenoxy) is 2. The summed E-state index contributed by atoms with van der Waals surface area (Å²) in [5, 5.41) is 3.36. The van der Waals surface area contributed by atoms with Gasteiger partial charge in [-0.15, -0.1) is 0 Å². The smallest absolute Gasteiger partial charge is 0.251 e. The fourth-order valence-corrected chi connectivity index (χ4v) is 5.35. The highest BCUT2D eigenvalue weighted by Gasteiger charge is 2.32. The van der Waals surface area contributed by atoms with Crippen LogP contribution in [-0.4, -0.2) is 39.2 Å². The average Bonchev–Trinajstić information content (AvgIpc) is 3.40. The molecule has 0 radical (unpaired) electrons. The number of nitrogens with one attached hydrogen (secondary N) is 1. The van der Waals surface area contributed by atoms with Crippen LogP contribution in [0.1, 0.15) is 34.1 Å². The van der Waals surface area contributed by atoms with Crippen LogP contribution in [-0.2, 0) is 16.1 Å². The molecule has 10 heteroatoms. The standard InChI is InChI=1S/C31H29FN4O4S/c1-19-7-9-22(10-8-19)16-36(28(37)17-41-31-33-20(2)13-21(3)34-31)29(23-5-4-6-24(32)14-23)30(38)35-25-11-12-26-27(15-25)40-18-39-26/h4-15,29H,16-18H2,1-3H3,(H,35,38). The molecule has 2 heterocycles. The van der Waals surface area contributed by atoms with Crippen molar-refractivity contribution in [3.8, 4) is 11.5 Å². The Labute approximate surface area is 241 Å². The van der Waals surface area contributed by atoms with E-state index in [-0.39, 0.29) is 25.0 Å². The summed E-state index contributed by atoms with van der Waals surface area (Å²) in [5.74, 6) is -0.271. The lowest BCUT2D eigenvalue weighted by atomic mass is 10.0. The van der Waals surface area contributed by atoms with Gasteiger partial charge in [0.1, 0.15) is 11.9 Å². The Hall–Kier alpha value is -4.44. The minimum atomic E-state index is -1.13. The van der Waals surface area contributed by atoms with E-state index in [0.29, 0.717) is 27.9 Å². The van der Waals surface area contributed by atoms with Crippen LogP contribution in [0, 0.1) is 26.6 Å². The van der Waals surface area contributed by atoms with Crippen molar-refractivity contribution in [2.24, 2.45) is 0 Å². The van der Waals surface area contributed by atoms with Gasteiger partial charge in [0, 0.05) is 29.7 Å². The highest BCUT2D eigenvalue weighted by Crippen LogP contribution is 2.35. The monoisotopic (exact) mass is 572 g/mol. The van der Waals surface area contributed by atoms with Gasteiger partial charge in [-0.3, -0.25) is 9.59 Å². The minimum Gasteiger partial charge on any atom is -0.454 e. The molecule has 0 bridgehead atoms. The van der Waals surface area contributed by atoms with Crippen molar-refractivity contribution in [1.82, 2.24) is 14.9 Å². The summed E-state index contributed by atoms with van der Waals surface area (Å²) in [6, 6.07) is 19.2. The Morgan fingerprint density at radius 1 is 0.951 bits per heavy atom. The summed E-state index contributed by atoms with van der Waals surface area (Å²) in [6.45, 7) is 5.93. The largest absolute Gasteiger partial charge is 0.454 e. The number of thioether (sulfide) groups is 1. The number of nitrogens with zero attached hydrogens (tertiary/aromatic N) is 3. The number of fused-ring (bicyclic) bond motifs is 1. The molecule has 1 aliphatic rings. The number of aryl methyl sites for hydroxylation is 3. The number of halogens is 1. The maximum Gasteiger partial charge on any atom is 0.251 e. The van der Waals surface area contributed by atoms with Gasteiger partial charge in [-0.1, -0.05) is 53.7 Å². The van der Waals surface area contributed by atoms with Gasteiger partial charge in [0.25, 0.3) is 5.91 Å². The predicted octanol–water partition coefficient (Wildman–Crippen LogP) is 5.77. The Bertz CT molecular complexity index is 1560. The number of benzene rings is 3. The van der Waals surface area contributed by atoms with Gasteiger partial charge in [-0.25, -0.2) is 14.4 Å². The first-order valence-corrected chi connectivity index (χ1v) is 14.0. The summed E-state index contributed by atoms with van der Waals surface area (Å²) >= 11 is 1.19. The van der Waals surface area contributed by atoms with Crippen LogP contribution in [0.2, 0.25) is 0 Å². The van der Waals surface area contributed by atoms with Gasteiger partial charge >= 0.3 is 0 Å². The predicted molar refractivity (Wildman–Crippen MR) is 154 cm³/mol. The molecular formula is C31H29FN4O4S. The lowest BCUT2D eigenvalue weighted by Gasteiger charge is -2.31. The molecule has 0 spiro atoms. The molecule has 41 heavy (non-hydrogen) atoms. The lowest BCUT2D eigenvalue weighted by Crippen LogP contribution is -2.42. The van der Waals surface area contributed by atoms with Crippen LogP contribution in [0.15, 0.2) is 78.0 Å². The van der Waals surface area contributed by atoms with Gasteiger partial charge in [0.2, 0.25) is 12.7 Å². The fourth-order valence-electron chi connectivity index (χ4n) is 4.52. The van der Waals surface area contributed by atoms with Crippen LogP contribution in [0.4, 0.5) is 10.1 Å². The summed E-state index contributed by atoms with van der Waals surface area (Å²) in [7, 11) is 0. The second-order valence-corrected chi connectivity index (χ2v) is 10.7. The first-order valence-electron chi connectivity index (χ1n) is 13.0. The first-order chi connectivity index (χ1) is 19.7. The molecule has 4 aromatic rings. The molecule has 1 atom stereocenters. The van der Waals surface area contributed by atoms with Crippen LogP contribution >= 0.6 is 11.8 Å². The van der Waals surface area contributed by atoms with Gasteiger partial charge in [0.05, 0.1) is 5.75 Å². The van der Waals surface area contributed by atoms with Crippen molar-refractivity contribution in [3.63, 3.8) is 0 Å². The molecule has 1 N–H and O–H groups in total. The third kappa shape index (κ3) is 7.01. The normalized spacial score (nSPS) is 12.6. The molecule has 1 aromatic heterocycles. The molecule has 8 nitrogen and oxygen atoms in total. The number of hydrogen-bond acceptors (Lipinski definition) is 7. The molecule has 1 unspecified atom stereocenters. The third-order valence-electron chi connectivity index (χ3n) is 6.44. The highest BCUT2D eigenvalue weighted by atomic mass is 32.2. The van der Waals surface area contributed by atoms with E-state index in [1.165, 1.54) is 34.9 Å². The van der Waals surface area contributed by atoms with Gasteiger partial charge in [0.15, 0.2) is 16.7 Å². The third-order valence-corrected chi connectivity index (χ3v) is 7.28. The number of carbonyl (C=O) groups excluding carboxylic acids is 2. The lowest BCUT2D eigenvalue weighted by molar-refractivity contribution is -0.137. The molecule has 3 aromatic carbocycles. The van der Waals surface area contributed by atoms with Crippen LogP contribution in [0.25, 0.3) is 0 Å². The second kappa shape index (κ2) is 12.4. The molecule has 0 aliphatic carbocycles. The van der Waals surface area contributed by atoms with E-state index in [0.717, 1.165) is 22.5 Å². The second-order valence-electron chi connectivity index (χ2n) is 9.74. The first kappa shape index (κ1) is 28.1. The van der Waals surface area contributed by atoms with E-state index < -0.39 is 17.8 Å². The zero-order valence-electron chi connectivity index (χ0n) is 22.9. The zero-order chi connectivity index (χ0) is 28.9. The molecule has 0 saturated carbocycles. The number of anilines is 1. The topological polar surface area (TPSA) is 93.7 Å².